The van der Waals surface area contributed by atoms with E-state index in [2.05, 4.69) is 10.1 Å². The maximum Gasteiger partial charge on any atom is 0.246 e. The molecule has 1 aromatic heterocycles. The third-order valence-electron chi connectivity index (χ3n) is 5.35. The Balaban J connectivity index is 1.54. The Labute approximate surface area is 174 Å². The summed E-state index contributed by atoms with van der Waals surface area (Å²) in [6, 6.07) is 17.2. The zero-order valence-corrected chi connectivity index (χ0v) is 16.9. The second-order valence-electron chi connectivity index (χ2n) is 7.24. The van der Waals surface area contributed by atoms with Crippen LogP contribution in [0.15, 0.2) is 59.1 Å². The predicted octanol–water partition coefficient (Wildman–Crippen LogP) is 4.10. The molecule has 29 heavy (non-hydrogen) atoms. The highest BCUT2D eigenvalue weighted by Gasteiger charge is 2.43. The van der Waals surface area contributed by atoms with Crippen LogP contribution in [0.2, 0.25) is 5.02 Å². The van der Waals surface area contributed by atoms with Crippen LogP contribution in [0, 0.1) is 0 Å². The highest BCUT2D eigenvalue weighted by molar-refractivity contribution is 6.30. The minimum absolute atomic E-state index is 0.0366. The highest BCUT2D eigenvalue weighted by Crippen LogP contribution is 2.36. The number of hydrogen-bond donors (Lipinski definition) is 0. The van der Waals surface area contributed by atoms with Crippen LogP contribution in [0.25, 0.3) is 11.4 Å². The first-order chi connectivity index (χ1) is 14.1. The van der Waals surface area contributed by atoms with E-state index in [4.69, 9.17) is 20.9 Å². The van der Waals surface area contributed by atoms with Crippen LogP contribution < -0.4 is 0 Å². The fourth-order valence-corrected chi connectivity index (χ4v) is 4.00. The molecule has 1 fully saturated rings. The van der Waals surface area contributed by atoms with Crippen LogP contribution in [-0.2, 0) is 21.5 Å². The Morgan fingerprint density at radius 3 is 2.62 bits per heavy atom. The number of amides is 1. The topological polar surface area (TPSA) is 68.5 Å². The lowest BCUT2D eigenvalue weighted by atomic mass is 9.73. The molecule has 0 spiro atoms. The number of carbonyl (C=O) groups excluding carboxylic acids is 1. The quantitative estimate of drug-likeness (QED) is 0.632. The molecule has 1 amide bonds. The summed E-state index contributed by atoms with van der Waals surface area (Å²) in [6.07, 6.45) is 1.30. The molecule has 0 aliphatic carbocycles. The molecule has 4 rings (SSSR count). The molecule has 0 bridgehead atoms. The average molecular weight is 412 g/mol. The van der Waals surface area contributed by atoms with Crippen molar-refractivity contribution in [1.29, 1.82) is 0 Å². The maximum atomic E-state index is 13.5. The molecule has 2 aromatic carbocycles. The molecule has 3 aromatic rings. The molecule has 0 saturated carbocycles. The van der Waals surface area contributed by atoms with Gasteiger partial charge in [-0.2, -0.15) is 4.98 Å². The van der Waals surface area contributed by atoms with E-state index in [0.717, 1.165) is 11.1 Å². The van der Waals surface area contributed by atoms with Crippen molar-refractivity contribution in [1.82, 2.24) is 15.0 Å². The van der Waals surface area contributed by atoms with Gasteiger partial charge in [-0.1, -0.05) is 59.2 Å². The number of likely N-dealkylation sites (N-methyl/N-ethyl adjacent to an activating group) is 1. The molecule has 0 radical (unpaired) electrons. The van der Waals surface area contributed by atoms with Gasteiger partial charge in [-0.05, 0) is 30.5 Å². The first-order valence-electron chi connectivity index (χ1n) is 9.56. The number of hydrogen-bond acceptors (Lipinski definition) is 5. The summed E-state index contributed by atoms with van der Waals surface area (Å²) in [7, 11) is 1.77. The third-order valence-corrected chi connectivity index (χ3v) is 5.59. The summed E-state index contributed by atoms with van der Waals surface area (Å²) in [5.41, 5.74) is 1.20. The lowest BCUT2D eigenvalue weighted by Gasteiger charge is -2.38. The Morgan fingerprint density at radius 1 is 1.14 bits per heavy atom. The Bertz CT molecular complexity index is 984. The second kappa shape index (κ2) is 8.35. The number of halogens is 1. The fourth-order valence-electron chi connectivity index (χ4n) is 3.81. The molecule has 7 heteroatoms. The van der Waals surface area contributed by atoms with Crippen molar-refractivity contribution in [2.24, 2.45) is 0 Å². The Morgan fingerprint density at radius 2 is 1.90 bits per heavy atom. The van der Waals surface area contributed by atoms with Gasteiger partial charge in [0.05, 0.1) is 12.0 Å². The van der Waals surface area contributed by atoms with Crippen molar-refractivity contribution >= 4 is 17.5 Å². The van der Waals surface area contributed by atoms with Gasteiger partial charge in [0.1, 0.15) is 0 Å². The molecular weight excluding hydrogens is 390 g/mol. The zero-order chi connectivity index (χ0) is 20.3. The van der Waals surface area contributed by atoms with Gasteiger partial charge >= 0.3 is 0 Å². The first-order valence-corrected chi connectivity index (χ1v) is 9.94. The Hall–Kier alpha value is -2.70. The van der Waals surface area contributed by atoms with Crippen LogP contribution in [0.5, 0.6) is 0 Å². The molecule has 1 saturated heterocycles. The monoisotopic (exact) mass is 411 g/mol. The van der Waals surface area contributed by atoms with Crippen molar-refractivity contribution in [3.8, 4) is 11.4 Å². The van der Waals surface area contributed by atoms with E-state index >= 15 is 0 Å². The van der Waals surface area contributed by atoms with Gasteiger partial charge in [0.2, 0.25) is 17.6 Å². The van der Waals surface area contributed by atoms with E-state index in [9.17, 15) is 4.79 Å². The van der Waals surface area contributed by atoms with E-state index in [1.165, 1.54) is 0 Å². The van der Waals surface area contributed by atoms with Crippen molar-refractivity contribution in [2.75, 3.05) is 20.3 Å². The van der Waals surface area contributed by atoms with E-state index < -0.39 is 5.41 Å². The SMILES string of the molecule is CN(Cc1nc(-c2cccc(Cl)c2)no1)C(=O)C1(c2ccccc2)CCOCC1. The smallest absolute Gasteiger partial charge is 0.246 e. The normalized spacial score (nSPS) is 15.8. The lowest BCUT2D eigenvalue weighted by Crippen LogP contribution is -2.48. The highest BCUT2D eigenvalue weighted by atomic mass is 35.5. The zero-order valence-electron chi connectivity index (χ0n) is 16.2. The number of carbonyl (C=O) groups is 1. The summed E-state index contributed by atoms with van der Waals surface area (Å²) >= 11 is 6.04. The standard InChI is InChI=1S/C22H22ClN3O3/c1-26(15-19-24-20(25-29-19)16-6-5-9-18(23)14-16)21(27)22(10-12-28-13-11-22)17-7-3-2-4-8-17/h2-9,14H,10-13,15H2,1H3. The van der Waals surface area contributed by atoms with E-state index in [1.54, 1.807) is 24.1 Å². The first kappa shape index (κ1) is 19.6. The number of rotatable bonds is 5. The van der Waals surface area contributed by atoms with E-state index in [0.29, 0.717) is 42.8 Å². The van der Waals surface area contributed by atoms with Crippen LogP contribution in [0.4, 0.5) is 0 Å². The molecule has 1 aliphatic rings. The van der Waals surface area contributed by atoms with Crippen LogP contribution in [-0.4, -0.2) is 41.2 Å². The lowest BCUT2D eigenvalue weighted by molar-refractivity contribution is -0.140. The van der Waals surface area contributed by atoms with Crippen molar-refractivity contribution in [3.05, 3.63) is 71.1 Å². The fraction of sp³-hybridized carbons (Fsp3) is 0.318. The van der Waals surface area contributed by atoms with Gasteiger partial charge in [0.15, 0.2) is 0 Å². The van der Waals surface area contributed by atoms with Crippen LogP contribution >= 0.6 is 11.6 Å². The van der Waals surface area contributed by atoms with Gasteiger partial charge in [0, 0.05) is 30.8 Å². The molecule has 2 heterocycles. The summed E-state index contributed by atoms with van der Waals surface area (Å²) in [5.74, 6) is 0.868. The molecular formula is C22H22ClN3O3. The van der Waals surface area contributed by atoms with Gasteiger partial charge < -0.3 is 14.2 Å². The molecule has 0 N–H and O–H groups in total. The van der Waals surface area contributed by atoms with Crippen molar-refractivity contribution < 1.29 is 14.1 Å². The van der Waals surface area contributed by atoms with Gasteiger partial charge in [-0.25, -0.2) is 0 Å². The number of benzene rings is 2. The van der Waals surface area contributed by atoms with E-state index in [1.807, 2.05) is 42.5 Å². The summed E-state index contributed by atoms with van der Waals surface area (Å²) in [5, 5.41) is 4.63. The minimum Gasteiger partial charge on any atom is -0.381 e. The second-order valence-corrected chi connectivity index (χ2v) is 7.68. The van der Waals surface area contributed by atoms with Gasteiger partial charge in [-0.15, -0.1) is 0 Å². The molecule has 0 atom stereocenters. The van der Waals surface area contributed by atoms with Gasteiger partial charge in [0.25, 0.3) is 0 Å². The molecule has 150 valence electrons. The average Bonchev–Trinajstić information content (AvgIpc) is 3.23. The maximum absolute atomic E-state index is 13.5. The minimum atomic E-state index is -0.593. The number of nitrogens with zero attached hydrogens (tertiary/aromatic N) is 3. The summed E-state index contributed by atoms with van der Waals surface area (Å²) in [4.78, 5) is 19.6. The van der Waals surface area contributed by atoms with Crippen LogP contribution in [0.1, 0.15) is 24.3 Å². The number of aromatic nitrogens is 2. The summed E-state index contributed by atoms with van der Waals surface area (Å²) < 4.78 is 10.9. The molecule has 6 nitrogen and oxygen atoms in total. The number of ether oxygens (including phenoxy) is 1. The van der Waals surface area contributed by atoms with Crippen LogP contribution in [0.3, 0.4) is 0 Å². The summed E-state index contributed by atoms with van der Waals surface area (Å²) in [6.45, 7) is 1.36. The third kappa shape index (κ3) is 4.04. The largest absolute Gasteiger partial charge is 0.381 e. The van der Waals surface area contributed by atoms with Gasteiger partial charge in [-0.3, -0.25) is 4.79 Å². The molecule has 1 aliphatic heterocycles. The predicted molar refractivity (Wildman–Crippen MR) is 109 cm³/mol. The molecule has 0 unspecified atom stereocenters. The van der Waals surface area contributed by atoms with Crippen molar-refractivity contribution in [2.45, 2.75) is 24.8 Å². The Kier molecular flexibility index (Phi) is 5.65. The van der Waals surface area contributed by atoms with E-state index in [-0.39, 0.29) is 12.5 Å². The van der Waals surface area contributed by atoms with Crippen molar-refractivity contribution in [3.63, 3.8) is 0 Å².